The van der Waals surface area contributed by atoms with E-state index >= 15 is 0 Å². The van der Waals surface area contributed by atoms with Crippen molar-refractivity contribution >= 4 is 5.91 Å². The van der Waals surface area contributed by atoms with Crippen molar-refractivity contribution in [2.75, 3.05) is 13.1 Å². The average Bonchev–Trinajstić information content (AvgIpc) is 1.93. The van der Waals surface area contributed by atoms with Gasteiger partial charge in [-0.1, -0.05) is 0 Å². The SMILES string of the molecule is C[CH-]N(C(C)=O)C1CN(C(C)C)C1.[Rb+]. The first-order valence-corrected chi connectivity index (χ1v) is 4.88. The summed E-state index contributed by atoms with van der Waals surface area (Å²) in [5.74, 6) is 0.149. The number of nitrogens with zero attached hydrogens (tertiary/aromatic N) is 2. The van der Waals surface area contributed by atoms with E-state index in [2.05, 4.69) is 18.7 Å². The van der Waals surface area contributed by atoms with Crippen LogP contribution in [0.4, 0.5) is 0 Å². The Hall–Kier alpha value is 1.24. The zero-order chi connectivity index (χ0) is 10.0. The van der Waals surface area contributed by atoms with E-state index in [-0.39, 0.29) is 64.1 Å². The molecule has 1 heterocycles. The molecule has 0 aromatic rings. The van der Waals surface area contributed by atoms with Crippen molar-refractivity contribution in [2.45, 2.75) is 39.8 Å². The minimum Gasteiger partial charge on any atom is -0.489 e. The van der Waals surface area contributed by atoms with Gasteiger partial charge in [-0.15, -0.1) is 0 Å². The molecule has 1 aliphatic heterocycles. The van der Waals surface area contributed by atoms with Gasteiger partial charge < -0.3 is 4.90 Å². The molecule has 1 amide bonds. The second kappa shape index (κ2) is 6.74. The Bertz CT molecular complexity index is 191. The molecule has 76 valence electrons. The molecular weight excluding hydrogens is 250 g/mol. The van der Waals surface area contributed by atoms with Crippen LogP contribution in [0.1, 0.15) is 27.7 Å². The van der Waals surface area contributed by atoms with Crippen molar-refractivity contribution in [1.29, 1.82) is 0 Å². The van der Waals surface area contributed by atoms with Gasteiger partial charge in [-0.3, -0.25) is 9.69 Å². The minimum absolute atomic E-state index is 0. The second-order valence-corrected chi connectivity index (χ2v) is 3.89. The third kappa shape index (κ3) is 3.67. The molecule has 0 spiro atoms. The van der Waals surface area contributed by atoms with E-state index in [1.54, 1.807) is 6.92 Å². The molecule has 0 bridgehead atoms. The third-order valence-corrected chi connectivity index (χ3v) is 2.66. The summed E-state index contributed by atoms with van der Waals surface area (Å²) in [4.78, 5) is 15.4. The number of amides is 1. The number of carbonyl (C=O) groups excluding carboxylic acids is 1. The summed E-state index contributed by atoms with van der Waals surface area (Å²) in [6.07, 6.45) is 0. The Labute approximate surface area is 136 Å². The van der Waals surface area contributed by atoms with Crippen LogP contribution in [-0.4, -0.2) is 40.9 Å². The van der Waals surface area contributed by atoms with Gasteiger partial charge in [0.25, 0.3) is 0 Å². The van der Waals surface area contributed by atoms with Crippen molar-refractivity contribution in [1.82, 2.24) is 9.80 Å². The summed E-state index contributed by atoms with van der Waals surface area (Å²) in [5, 5.41) is 0. The first-order valence-electron chi connectivity index (χ1n) is 4.88. The Morgan fingerprint density at radius 2 is 2.00 bits per heavy atom. The Morgan fingerprint density at radius 1 is 1.50 bits per heavy atom. The molecule has 0 unspecified atom stereocenters. The normalized spacial score (nSPS) is 17.5. The van der Waals surface area contributed by atoms with Crippen LogP contribution in [-0.2, 0) is 4.79 Å². The van der Waals surface area contributed by atoms with Crippen molar-refractivity contribution in [3.63, 3.8) is 0 Å². The second-order valence-electron chi connectivity index (χ2n) is 3.89. The van der Waals surface area contributed by atoms with Crippen molar-refractivity contribution in [3.8, 4) is 0 Å². The zero-order valence-corrected chi connectivity index (χ0v) is 14.9. The molecule has 0 radical (unpaired) electrons. The smallest absolute Gasteiger partial charge is 0.489 e. The Balaban J connectivity index is 0.00000169. The maximum Gasteiger partial charge on any atom is 1.00 e. The van der Waals surface area contributed by atoms with Crippen LogP contribution in [0.25, 0.3) is 0 Å². The van der Waals surface area contributed by atoms with E-state index in [9.17, 15) is 4.79 Å². The average molecular weight is 269 g/mol. The van der Waals surface area contributed by atoms with Crippen LogP contribution in [0.15, 0.2) is 0 Å². The molecule has 0 aromatic carbocycles. The van der Waals surface area contributed by atoms with Crippen molar-refractivity contribution < 1.29 is 63.0 Å². The molecule has 0 atom stereocenters. The number of rotatable bonds is 3. The fraction of sp³-hybridized carbons (Fsp3) is 0.800. The van der Waals surface area contributed by atoms with Crippen molar-refractivity contribution in [2.24, 2.45) is 0 Å². The van der Waals surface area contributed by atoms with Gasteiger partial charge in [0.05, 0.1) is 0 Å². The van der Waals surface area contributed by atoms with Crippen LogP contribution < -0.4 is 58.2 Å². The molecular formula is C10H19N2ORb. The molecule has 1 rings (SSSR count). The van der Waals surface area contributed by atoms with Crippen LogP contribution in [0.2, 0.25) is 0 Å². The van der Waals surface area contributed by atoms with E-state index in [1.165, 1.54) is 0 Å². The van der Waals surface area contributed by atoms with Gasteiger partial charge in [-0.25, -0.2) is 6.54 Å². The molecule has 0 saturated carbocycles. The van der Waals surface area contributed by atoms with Crippen LogP contribution in [0.3, 0.4) is 0 Å². The van der Waals surface area contributed by atoms with Gasteiger partial charge in [0, 0.05) is 32.1 Å². The Morgan fingerprint density at radius 3 is 2.29 bits per heavy atom. The number of hydrogen-bond acceptors (Lipinski definition) is 2. The van der Waals surface area contributed by atoms with Gasteiger partial charge in [0.15, 0.2) is 5.91 Å². The molecule has 0 N–H and O–H groups in total. The van der Waals surface area contributed by atoms with Gasteiger partial charge in [0.2, 0.25) is 0 Å². The van der Waals surface area contributed by atoms with E-state index in [4.69, 9.17) is 0 Å². The molecule has 0 aromatic heterocycles. The maximum absolute atomic E-state index is 11.2. The van der Waals surface area contributed by atoms with Crippen LogP contribution in [0.5, 0.6) is 0 Å². The first kappa shape index (κ1) is 15.2. The molecule has 4 heteroatoms. The summed E-state index contributed by atoms with van der Waals surface area (Å²) in [6.45, 7) is 11.8. The topological polar surface area (TPSA) is 23.6 Å². The molecule has 1 fully saturated rings. The monoisotopic (exact) mass is 268 g/mol. The van der Waals surface area contributed by atoms with Gasteiger partial charge in [-0.05, 0) is 13.8 Å². The fourth-order valence-electron chi connectivity index (χ4n) is 1.74. The molecule has 1 saturated heterocycles. The third-order valence-electron chi connectivity index (χ3n) is 2.66. The minimum atomic E-state index is 0. The quantitative estimate of drug-likeness (QED) is 0.559. The van der Waals surface area contributed by atoms with E-state index < -0.39 is 0 Å². The predicted octanol–water partition coefficient (Wildman–Crippen LogP) is -1.89. The molecule has 0 aliphatic carbocycles. The fourth-order valence-corrected chi connectivity index (χ4v) is 1.74. The number of likely N-dealkylation sites (tertiary alicyclic amines) is 1. The summed E-state index contributed by atoms with van der Waals surface area (Å²) in [7, 11) is 0. The summed E-state index contributed by atoms with van der Waals surface area (Å²) >= 11 is 0. The maximum atomic E-state index is 11.2. The van der Waals surface area contributed by atoms with Gasteiger partial charge in [0.1, 0.15) is 0 Å². The van der Waals surface area contributed by atoms with Crippen LogP contribution in [0, 0.1) is 6.54 Å². The number of carbonyl (C=O) groups is 1. The zero-order valence-electron chi connectivity index (χ0n) is 9.95. The summed E-state index contributed by atoms with van der Waals surface area (Å²) in [5.41, 5.74) is 0. The van der Waals surface area contributed by atoms with Gasteiger partial charge in [-0.2, -0.15) is 6.92 Å². The summed E-state index contributed by atoms with van der Waals surface area (Å²) < 4.78 is 0. The molecule has 14 heavy (non-hydrogen) atoms. The number of hydrogen-bond donors (Lipinski definition) is 0. The van der Waals surface area contributed by atoms with Crippen LogP contribution >= 0.6 is 0 Å². The van der Waals surface area contributed by atoms with E-state index in [0.717, 1.165) is 13.1 Å². The predicted molar refractivity (Wildman–Crippen MR) is 53.0 cm³/mol. The Kier molecular flexibility index (Phi) is 7.33. The van der Waals surface area contributed by atoms with E-state index in [1.807, 2.05) is 18.4 Å². The molecule has 1 aliphatic rings. The summed E-state index contributed by atoms with van der Waals surface area (Å²) in [6, 6.07) is 1.01. The first-order chi connectivity index (χ1) is 6.06. The molecule has 3 nitrogen and oxygen atoms in total. The van der Waals surface area contributed by atoms with Crippen molar-refractivity contribution in [3.05, 3.63) is 6.54 Å². The van der Waals surface area contributed by atoms with E-state index in [0.29, 0.717) is 12.1 Å². The largest absolute Gasteiger partial charge is 1.00 e. The standard InChI is InChI=1S/C10H19N2O.Rb/c1-5-12(9(4)13)10-6-11(7-10)8(2)3;/h5,8,10H,6-7H2,1-4H3;/q-1;+1. The van der Waals surface area contributed by atoms with Gasteiger partial charge >= 0.3 is 58.2 Å².